The van der Waals surface area contributed by atoms with E-state index < -0.39 is 35.2 Å². The van der Waals surface area contributed by atoms with E-state index in [1.807, 2.05) is 13.8 Å². The minimum Gasteiger partial charge on any atom is -0.494 e. The van der Waals surface area contributed by atoms with Crippen molar-refractivity contribution in [2.24, 2.45) is 7.05 Å². The number of aromatic nitrogens is 3. The molecule has 3 rings (SSSR count). The van der Waals surface area contributed by atoms with Crippen molar-refractivity contribution in [1.82, 2.24) is 14.1 Å². The van der Waals surface area contributed by atoms with E-state index >= 15 is 0 Å². The quantitative estimate of drug-likeness (QED) is 0.328. The number of nitrogens with zero attached hydrogens (tertiary/aromatic N) is 3. The maximum Gasteiger partial charge on any atom is 0.342 e. The predicted molar refractivity (Wildman–Crippen MR) is 130 cm³/mol. The van der Waals surface area contributed by atoms with Gasteiger partial charge in [-0.3, -0.25) is 18.7 Å². The summed E-state index contributed by atoms with van der Waals surface area (Å²) in [7, 11) is 1.26. The molecule has 0 aliphatic heterocycles. The molecule has 3 aromatic rings. The molecule has 0 unspecified atom stereocenters. The normalized spacial score (nSPS) is 10.6. The fourth-order valence-electron chi connectivity index (χ4n) is 3.37. The van der Waals surface area contributed by atoms with Gasteiger partial charge >= 0.3 is 11.7 Å². The molecule has 0 saturated carbocycles. The van der Waals surface area contributed by atoms with E-state index in [1.165, 1.54) is 19.3 Å². The van der Waals surface area contributed by atoms with Crippen molar-refractivity contribution in [3.05, 3.63) is 74.6 Å². The molecule has 1 aromatic carbocycles. The first-order valence-electron chi connectivity index (χ1n) is 11.0. The van der Waals surface area contributed by atoms with Gasteiger partial charge in [0.05, 0.1) is 6.61 Å². The minimum absolute atomic E-state index is 0.0889. The third-order valence-electron chi connectivity index (χ3n) is 5.10. The number of carbonyl (C=O) groups is 2. The van der Waals surface area contributed by atoms with Gasteiger partial charge in [-0.05, 0) is 49.7 Å². The summed E-state index contributed by atoms with van der Waals surface area (Å²) >= 11 is 0. The molecule has 11 heteroatoms. The fourth-order valence-corrected chi connectivity index (χ4v) is 3.37. The van der Waals surface area contributed by atoms with Gasteiger partial charge in [-0.25, -0.2) is 14.6 Å². The molecule has 0 spiro atoms. The summed E-state index contributed by atoms with van der Waals surface area (Å²) in [4.78, 5) is 54.5. The number of carbonyl (C=O) groups excluding carboxylic acids is 2. The van der Waals surface area contributed by atoms with Crippen LogP contribution in [0.25, 0.3) is 0 Å². The lowest BCUT2D eigenvalue weighted by atomic mass is 10.2. The Hall–Kier alpha value is -4.41. The van der Waals surface area contributed by atoms with Crippen LogP contribution in [0, 0.1) is 0 Å². The molecule has 0 atom stereocenters. The molecule has 11 nitrogen and oxygen atoms in total. The predicted octanol–water partition coefficient (Wildman–Crippen LogP) is 2.12. The van der Waals surface area contributed by atoms with Crippen molar-refractivity contribution in [3.63, 3.8) is 0 Å². The van der Waals surface area contributed by atoms with Gasteiger partial charge in [0.15, 0.2) is 6.61 Å². The summed E-state index contributed by atoms with van der Waals surface area (Å²) in [5.74, 6) is -0.961. The molecule has 35 heavy (non-hydrogen) atoms. The number of Topliss-reactive ketones (excluding diaryl/α,β-unsaturated/α-hetero) is 1. The largest absolute Gasteiger partial charge is 0.494 e. The maximum absolute atomic E-state index is 12.8. The van der Waals surface area contributed by atoms with E-state index in [0.29, 0.717) is 24.5 Å². The van der Waals surface area contributed by atoms with Crippen LogP contribution < -0.4 is 27.0 Å². The topological polar surface area (TPSA) is 148 Å². The third kappa shape index (κ3) is 5.57. The van der Waals surface area contributed by atoms with Crippen LogP contribution in [-0.2, 0) is 18.3 Å². The van der Waals surface area contributed by atoms with Crippen LogP contribution in [0.3, 0.4) is 0 Å². The molecule has 3 N–H and O–H groups in total. The van der Waals surface area contributed by atoms with Gasteiger partial charge < -0.3 is 20.5 Å². The Morgan fingerprint density at radius 1 is 1.11 bits per heavy atom. The van der Waals surface area contributed by atoms with Gasteiger partial charge in [0.25, 0.3) is 5.56 Å². The number of nitrogen functional groups attached to an aromatic ring is 1. The van der Waals surface area contributed by atoms with Gasteiger partial charge in [-0.2, -0.15) is 0 Å². The summed E-state index contributed by atoms with van der Waals surface area (Å²) < 4.78 is 12.5. The van der Waals surface area contributed by atoms with Gasteiger partial charge in [0.1, 0.15) is 28.5 Å². The van der Waals surface area contributed by atoms with Crippen molar-refractivity contribution in [3.8, 4) is 5.75 Å². The second-order valence-corrected chi connectivity index (χ2v) is 7.54. The minimum atomic E-state index is -0.847. The lowest BCUT2D eigenvalue weighted by molar-refractivity contribution is 0.0475. The number of nitrogens with one attached hydrogen (secondary N) is 1. The Balaban J connectivity index is 1.78. The Kier molecular flexibility index (Phi) is 8.03. The number of ether oxygens (including phenoxy) is 2. The highest BCUT2D eigenvalue weighted by molar-refractivity contribution is 6.03. The van der Waals surface area contributed by atoms with E-state index in [4.69, 9.17) is 15.2 Å². The third-order valence-corrected chi connectivity index (χ3v) is 5.10. The Morgan fingerprint density at radius 3 is 2.49 bits per heavy atom. The number of pyridine rings is 1. The van der Waals surface area contributed by atoms with E-state index in [1.54, 1.807) is 30.3 Å². The Bertz CT molecular complexity index is 1340. The number of hydrogen-bond donors (Lipinski definition) is 2. The average Bonchev–Trinajstić information content (AvgIpc) is 2.85. The lowest BCUT2D eigenvalue weighted by Gasteiger charge is -2.14. The highest BCUT2D eigenvalue weighted by Crippen LogP contribution is 2.22. The SMILES string of the molecule is CCCn1c(N)c(C(=O)COC(=O)c2cccnc2Nc2ccc(OCC)cc2)c(=O)n(C)c1=O. The van der Waals surface area contributed by atoms with Crippen LogP contribution in [0.1, 0.15) is 41.0 Å². The van der Waals surface area contributed by atoms with Gasteiger partial charge in [-0.1, -0.05) is 6.92 Å². The van der Waals surface area contributed by atoms with Crippen molar-refractivity contribution in [2.45, 2.75) is 26.8 Å². The van der Waals surface area contributed by atoms with E-state index in [0.717, 1.165) is 9.13 Å². The van der Waals surface area contributed by atoms with Crippen LogP contribution in [0.15, 0.2) is 52.2 Å². The van der Waals surface area contributed by atoms with Crippen LogP contribution in [0.2, 0.25) is 0 Å². The summed E-state index contributed by atoms with van der Waals surface area (Å²) in [6, 6.07) is 10.1. The Labute approximate surface area is 201 Å². The first-order chi connectivity index (χ1) is 16.8. The number of ketones is 1. The maximum atomic E-state index is 12.8. The summed E-state index contributed by atoms with van der Waals surface area (Å²) in [6.07, 6.45) is 2.07. The number of anilines is 3. The number of esters is 1. The number of benzene rings is 1. The van der Waals surface area contributed by atoms with Crippen molar-refractivity contribution >= 4 is 29.1 Å². The van der Waals surface area contributed by atoms with Gasteiger partial charge in [-0.15, -0.1) is 0 Å². The molecule has 0 aliphatic rings. The number of rotatable bonds is 10. The molecule has 0 aliphatic carbocycles. The smallest absolute Gasteiger partial charge is 0.342 e. The molecular formula is C24H27N5O6. The van der Waals surface area contributed by atoms with Crippen LogP contribution in [0.4, 0.5) is 17.3 Å². The zero-order chi connectivity index (χ0) is 25.5. The second kappa shape index (κ2) is 11.1. The average molecular weight is 482 g/mol. The molecular weight excluding hydrogens is 454 g/mol. The number of nitrogens with two attached hydrogens (primary N) is 1. The molecule has 2 heterocycles. The first kappa shape index (κ1) is 25.2. The summed E-state index contributed by atoms with van der Waals surface area (Å²) in [5.41, 5.74) is 4.84. The molecule has 0 amide bonds. The van der Waals surface area contributed by atoms with Gasteiger partial charge in [0.2, 0.25) is 5.78 Å². The van der Waals surface area contributed by atoms with Crippen LogP contribution in [-0.4, -0.2) is 39.1 Å². The zero-order valence-corrected chi connectivity index (χ0v) is 19.7. The van der Waals surface area contributed by atoms with Crippen molar-refractivity contribution in [2.75, 3.05) is 24.3 Å². The standard InChI is InChI=1S/C24H27N5O6/c1-4-13-29-20(25)19(22(31)28(3)24(29)33)18(30)14-35-23(32)17-7-6-12-26-21(17)27-15-8-10-16(11-9-15)34-5-2/h6-12H,4-5,13-14,25H2,1-3H3,(H,26,27). The molecule has 2 aromatic heterocycles. The molecule has 0 fully saturated rings. The molecule has 0 radical (unpaired) electrons. The molecule has 184 valence electrons. The first-order valence-corrected chi connectivity index (χ1v) is 11.0. The monoisotopic (exact) mass is 481 g/mol. The summed E-state index contributed by atoms with van der Waals surface area (Å²) in [6.45, 7) is 3.75. The van der Waals surface area contributed by atoms with Crippen molar-refractivity contribution < 1.29 is 19.1 Å². The highest BCUT2D eigenvalue weighted by Gasteiger charge is 2.23. The second-order valence-electron chi connectivity index (χ2n) is 7.54. The summed E-state index contributed by atoms with van der Waals surface area (Å²) in [5, 5.41) is 3.03. The van der Waals surface area contributed by atoms with Crippen LogP contribution in [0.5, 0.6) is 5.75 Å². The fraction of sp³-hybridized carbons (Fsp3) is 0.292. The van der Waals surface area contributed by atoms with Gasteiger partial charge in [0, 0.05) is 25.5 Å². The van der Waals surface area contributed by atoms with Crippen molar-refractivity contribution in [1.29, 1.82) is 0 Å². The lowest BCUT2D eigenvalue weighted by Crippen LogP contribution is -2.43. The van der Waals surface area contributed by atoms with E-state index in [2.05, 4.69) is 10.3 Å². The van der Waals surface area contributed by atoms with Crippen LogP contribution >= 0.6 is 0 Å². The molecule has 0 saturated heterocycles. The van der Waals surface area contributed by atoms with E-state index in [-0.39, 0.29) is 23.7 Å². The number of hydrogen-bond acceptors (Lipinski definition) is 9. The Morgan fingerprint density at radius 2 is 1.83 bits per heavy atom. The highest BCUT2D eigenvalue weighted by atomic mass is 16.5. The van der Waals surface area contributed by atoms with E-state index in [9.17, 15) is 19.2 Å². The zero-order valence-electron chi connectivity index (χ0n) is 19.7. The molecule has 0 bridgehead atoms.